The van der Waals surface area contributed by atoms with Gasteiger partial charge in [-0.25, -0.2) is 9.78 Å². The van der Waals surface area contributed by atoms with Crippen molar-refractivity contribution in [2.45, 2.75) is 39.7 Å². The van der Waals surface area contributed by atoms with Crippen molar-refractivity contribution >= 4 is 17.5 Å². The van der Waals surface area contributed by atoms with Gasteiger partial charge in [-0.05, 0) is 42.8 Å². The quantitative estimate of drug-likeness (QED) is 0.233. The summed E-state index contributed by atoms with van der Waals surface area (Å²) in [5.74, 6) is 0.488. The van der Waals surface area contributed by atoms with Crippen molar-refractivity contribution in [3.8, 4) is 38.4 Å². The van der Waals surface area contributed by atoms with E-state index in [1.807, 2.05) is 20.8 Å². The number of alkyl halides is 3. The standard InChI is InChI=1S/C25H21F3N2O6S/c1-13(2)22-18(21(30-36-22)17-6-4-5-7-19(17)35-25(26,27)28)12-33-15-8-9-16(14(3)10-15)23-29-11-20(37-23)34-24(31)32/h4-11,13H,12H2,1-3H3,(H,31,32). The van der Waals surface area contributed by atoms with E-state index >= 15 is 0 Å². The first-order chi connectivity index (χ1) is 17.5. The Morgan fingerprint density at radius 3 is 2.59 bits per heavy atom. The van der Waals surface area contributed by atoms with E-state index in [1.165, 1.54) is 24.4 Å². The molecule has 8 nitrogen and oxygen atoms in total. The van der Waals surface area contributed by atoms with E-state index in [-0.39, 0.29) is 28.8 Å². The number of para-hydroxylation sites is 1. The number of benzene rings is 2. The first-order valence-corrected chi connectivity index (χ1v) is 11.8. The number of ether oxygens (including phenoxy) is 3. The zero-order valence-corrected chi connectivity index (χ0v) is 20.6. The predicted molar refractivity (Wildman–Crippen MR) is 128 cm³/mol. The number of hydrogen-bond donors (Lipinski definition) is 1. The van der Waals surface area contributed by atoms with Crippen LogP contribution < -0.4 is 14.2 Å². The molecule has 0 aliphatic carbocycles. The third-order valence-electron chi connectivity index (χ3n) is 5.19. The highest BCUT2D eigenvalue weighted by Gasteiger charge is 2.33. The lowest BCUT2D eigenvalue weighted by atomic mass is 10.0. The first kappa shape index (κ1) is 26.0. The van der Waals surface area contributed by atoms with Gasteiger partial charge >= 0.3 is 12.5 Å². The average Bonchev–Trinajstić information content (AvgIpc) is 3.44. The fraction of sp³-hybridized carbons (Fsp3) is 0.240. The highest BCUT2D eigenvalue weighted by molar-refractivity contribution is 7.16. The molecule has 0 aliphatic rings. The summed E-state index contributed by atoms with van der Waals surface area (Å²) in [7, 11) is 0. The molecule has 0 atom stereocenters. The van der Waals surface area contributed by atoms with Crippen LogP contribution in [0.1, 0.15) is 36.7 Å². The molecule has 4 aromatic rings. The second-order valence-corrected chi connectivity index (χ2v) is 9.18. The summed E-state index contributed by atoms with van der Waals surface area (Å²) in [4.78, 5) is 14.9. The largest absolute Gasteiger partial charge is 0.573 e. The van der Waals surface area contributed by atoms with Crippen LogP contribution in [0.15, 0.2) is 53.2 Å². The molecule has 0 bridgehead atoms. The molecule has 2 aromatic carbocycles. The van der Waals surface area contributed by atoms with Crippen molar-refractivity contribution in [2.75, 3.05) is 0 Å². The van der Waals surface area contributed by atoms with Gasteiger partial charge in [0.2, 0.25) is 5.06 Å². The summed E-state index contributed by atoms with van der Waals surface area (Å²) in [5, 5.41) is 13.5. The van der Waals surface area contributed by atoms with Crippen LogP contribution in [0.25, 0.3) is 21.8 Å². The predicted octanol–water partition coefficient (Wildman–Crippen LogP) is 7.43. The Hall–Kier alpha value is -4.06. The second kappa shape index (κ2) is 10.5. The van der Waals surface area contributed by atoms with E-state index in [4.69, 9.17) is 14.4 Å². The van der Waals surface area contributed by atoms with Gasteiger partial charge in [0.05, 0.1) is 11.8 Å². The van der Waals surface area contributed by atoms with E-state index in [2.05, 4.69) is 19.6 Å². The maximum Gasteiger partial charge on any atom is 0.573 e. The normalized spacial score (nSPS) is 11.5. The van der Waals surface area contributed by atoms with Gasteiger partial charge in [0, 0.05) is 17.0 Å². The third kappa shape index (κ3) is 6.20. The van der Waals surface area contributed by atoms with Gasteiger partial charge in [0.15, 0.2) is 0 Å². The van der Waals surface area contributed by atoms with Gasteiger partial charge in [-0.3, -0.25) is 0 Å². The van der Waals surface area contributed by atoms with Crippen molar-refractivity contribution in [2.24, 2.45) is 0 Å². The fourth-order valence-electron chi connectivity index (χ4n) is 3.64. The van der Waals surface area contributed by atoms with Crippen molar-refractivity contribution in [3.05, 3.63) is 65.5 Å². The number of carbonyl (C=O) groups is 1. The highest BCUT2D eigenvalue weighted by atomic mass is 32.1. The van der Waals surface area contributed by atoms with Crippen LogP contribution in [-0.4, -0.2) is 27.8 Å². The lowest BCUT2D eigenvalue weighted by molar-refractivity contribution is -0.274. The van der Waals surface area contributed by atoms with Crippen molar-refractivity contribution in [3.63, 3.8) is 0 Å². The maximum atomic E-state index is 13.0. The van der Waals surface area contributed by atoms with Crippen molar-refractivity contribution < 1.29 is 41.8 Å². The van der Waals surface area contributed by atoms with E-state index in [1.54, 1.807) is 24.3 Å². The maximum absolute atomic E-state index is 13.0. The van der Waals surface area contributed by atoms with Gasteiger partial charge in [0.25, 0.3) is 0 Å². The molecule has 0 saturated heterocycles. The smallest absolute Gasteiger partial charge is 0.489 e. The SMILES string of the molecule is Cc1cc(OCc2c(-c3ccccc3OC(F)(F)F)noc2C(C)C)ccc1-c1ncc(OC(=O)O)s1. The minimum atomic E-state index is -4.87. The van der Waals surface area contributed by atoms with E-state index in [0.717, 1.165) is 22.5 Å². The Kier molecular flexibility index (Phi) is 7.39. The molecule has 0 fully saturated rings. The molecular weight excluding hydrogens is 513 g/mol. The molecule has 0 saturated carbocycles. The van der Waals surface area contributed by atoms with E-state index in [0.29, 0.717) is 22.1 Å². The number of thiazole rings is 1. The molecule has 0 unspecified atom stereocenters. The molecule has 0 spiro atoms. The first-order valence-electron chi connectivity index (χ1n) is 11.0. The zero-order valence-electron chi connectivity index (χ0n) is 19.8. The van der Waals surface area contributed by atoms with Crippen molar-refractivity contribution in [1.29, 1.82) is 0 Å². The van der Waals surface area contributed by atoms with Crippen LogP contribution in [0.4, 0.5) is 18.0 Å². The third-order valence-corrected chi connectivity index (χ3v) is 6.10. The van der Waals surface area contributed by atoms with Crippen LogP contribution in [-0.2, 0) is 6.61 Å². The van der Waals surface area contributed by atoms with Gasteiger partial charge in [-0.2, -0.15) is 0 Å². The van der Waals surface area contributed by atoms with Crippen LogP contribution in [0.2, 0.25) is 0 Å². The summed E-state index contributed by atoms with van der Waals surface area (Å²) < 4.78 is 59.2. The highest BCUT2D eigenvalue weighted by Crippen LogP contribution is 2.38. The molecule has 1 N–H and O–H groups in total. The number of hydrogen-bond acceptors (Lipinski definition) is 8. The molecule has 4 rings (SSSR count). The zero-order chi connectivity index (χ0) is 26.7. The number of aryl methyl sites for hydroxylation is 1. The van der Waals surface area contributed by atoms with Crippen LogP contribution >= 0.6 is 11.3 Å². The average molecular weight is 535 g/mol. The van der Waals surface area contributed by atoms with Crippen LogP contribution in [0.5, 0.6) is 16.6 Å². The molecule has 0 aliphatic heterocycles. The molecular formula is C25H21F3N2O6S. The summed E-state index contributed by atoms with van der Waals surface area (Å²) in [6.45, 7) is 5.58. The fourth-order valence-corrected chi connectivity index (χ4v) is 4.49. The Balaban J connectivity index is 1.60. The Labute approximate surface area is 213 Å². The summed E-state index contributed by atoms with van der Waals surface area (Å²) >= 11 is 1.09. The molecule has 2 heterocycles. The minimum absolute atomic E-state index is 0.0145. The Bertz CT molecular complexity index is 1410. The van der Waals surface area contributed by atoms with Crippen LogP contribution in [0, 0.1) is 6.92 Å². The summed E-state index contributed by atoms with van der Waals surface area (Å²) in [6.07, 6.45) is -4.95. The molecule has 194 valence electrons. The Morgan fingerprint density at radius 1 is 1.16 bits per heavy atom. The lowest BCUT2D eigenvalue weighted by Gasteiger charge is -2.14. The summed E-state index contributed by atoms with van der Waals surface area (Å²) in [6, 6.07) is 11.0. The Morgan fingerprint density at radius 2 is 1.92 bits per heavy atom. The number of aromatic nitrogens is 2. The molecule has 12 heteroatoms. The topological polar surface area (TPSA) is 104 Å². The van der Waals surface area contributed by atoms with E-state index in [9.17, 15) is 18.0 Å². The molecule has 0 amide bonds. The van der Waals surface area contributed by atoms with Crippen molar-refractivity contribution in [1.82, 2.24) is 10.1 Å². The lowest BCUT2D eigenvalue weighted by Crippen LogP contribution is -2.17. The van der Waals surface area contributed by atoms with Gasteiger partial charge in [-0.15, -0.1) is 13.2 Å². The number of nitrogens with zero attached hydrogens (tertiary/aromatic N) is 2. The van der Waals surface area contributed by atoms with Gasteiger partial charge in [0.1, 0.15) is 34.6 Å². The number of rotatable bonds is 8. The van der Waals surface area contributed by atoms with Gasteiger partial charge < -0.3 is 23.8 Å². The van der Waals surface area contributed by atoms with Crippen LogP contribution in [0.3, 0.4) is 0 Å². The molecule has 0 radical (unpaired) electrons. The van der Waals surface area contributed by atoms with Gasteiger partial charge in [-0.1, -0.05) is 42.5 Å². The van der Waals surface area contributed by atoms with E-state index < -0.39 is 18.3 Å². The molecule has 37 heavy (non-hydrogen) atoms. The number of halogens is 3. The second-order valence-electron chi connectivity index (χ2n) is 8.19. The number of carboxylic acid groups (broad SMARTS) is 1. The monoisotopic (exact) mass is 534 g/mol. The summed E-state index contributed by atoms with van der Waals surface area (Å²) in [5.41, 5.74) is 2.41. The minimum Gasteiger partial charge on any atom is -0.489 e. The molecule has 2 aromatic heterocycles.